The van der Waals surface area contributed by atoms with Crippen LogP contribution in [0.5, 0.6) is 5.75 Å². The molecule has 1 aliphatic heterocycles. The normalized spacial score (nSPS) is 14.1. The maximum Gasteiger partial charge on any atom is 0.278 e. The van der Waals surface area contributed by atoms with E-state index < -0.39 is 0 Å². The average molecular weight is 415 g/mol. The lowest BCUT2D eigenvalue weighted by Gasteiger charge is -2.13. The van der Waals surface area contributed by atoms with Gasteiger partial charge in [0.05, 0.1) is 12.2 Å². The highest BCUT2D eigenvalue weighted by Gasteiger charge is 2.38. The van der Waals surface area contributed by atoms with Gasteiger partial charge in [0.15, 0.2) is 0 Å². The Bertz CT molecular complexity index is 1160. The third-order valence-electron chi connectivity index (χ3n) is 5.26. The molecule has 0 radical (unpaired) electrons. The monoisotopic (exact) mass is 414 g/mol. The summed E-state index contributed by atoms with van der Waals surface area (Å²) in [6, 6.07) is 21.2. The number of carbonyl (C=O) groups is 2. The van der Waals surface area contributed by atoms with Crippen molar-refractivity contribution in [3.63, 3.8) is 0 Å². The molecular formula is C26H26N2O3. The number of imide groups is 1. The van der Waals surface area contributed by atoms with Crippen LogP contribution >= 0.6 is 0 Å². The number of rotatable bonds is 7. The van der Waals surface area contributed by atoms with Crippen molar-refractivity contribution in [3.8, 4) is 5.75 Å². The van der Waals surface area contributed by atoms with Gasteiger partial charge in [-0.25, -0.2) is 0 Å². The summed E-state index contributed by atoms with van der Waals surface area (Å²) >= 11 is 0. The zero-order valence-electron chi connectivity index (χ0n) is 18.0. The molecule has 5 heteroatoms. The number of amides is 2. The number of ether oxygens (including phenoxy) is 1. The number of hydrogen-bond acceptors (Lipinski definition) is 4. The maximum absolute atomic E-state index is 13.1. The van der Waals surface area contributed by atoms with Crippen molar-refractivity contribution < 1.29 is 14.3 Å². The molecule has 31 heavy (non-hydrogen) atoms. The van der Waals surface area contributed by atoms with Crippen LogP contribution in [-0.2, 0) is 9.59 Å². The molecule has 0 atom stereocenters. The third-order valence-corrected chi connectivity index (χ3v) is 5.26. The SMILES string of the molecule is CCN1C(=O)C(Nc2cccc3ccccc23)=C(c2ccc(OCC(C)C)cc2)C1=O. The highest BCUT2D eigenvalue weighted by atomic mass is 16.5. The largest absolute Gasteiger partial charge is 0.493 e. The summed E-state index contributed by atoms with van der Waals surface area (Å²) in [6.45, 7) is 6.92. The summed E-state index contributed by atoms with van der Waals surface area (Å²) in [5.74, 6) is 0.568. The van der Waals surface area contributed by atoms with Gasteiger partial charge in [0.25, 0.3) is 11.8 Å². The smallest absolute Gasteiger partial charge is 0.278 e. The zero-order chi connectivity index (χ0) is 22.0. The van der Waals surface area contributed by atoms with Crippen molar-refractivity contribution in [2.45, 2.75) is 20.8 Å². The number of carbonyl (C=O) groups excluding carboxylic acids is 2. The second kappa shape index (κ2) is 8.64. The number of fused-ring (bicyclic) bond motifs is 1. The molecule has 4 rings (SSSR count). The first-order valence-corrected chi connectivity index (χ1v) is 10.6. The van der Waals surface area contributed by atoms with Gasteiger partial charge >= 0.3 is 0 Å². The Kier molecular flexibility index (Phi) is 5.76. The Labute approximate surface area is 182 Å². The second-order valence-electron chi connectivity index (χ2n) is 7.99. The van der Waals surface area contributed by atoms with Crippen LogP contribution in [-0.4, -0.2) is 29.9 Å². The molecule has 0 aromatic heterocycles. The zero-order valence-corrected chi connectivity index (χ0v) is 18.0. The lowest BCUT2D eigenvalue weighted by atomic mass is 10.0. The van der Waals surface area contributed by atoms with Crippen molar-refractivity contribution in [1.82, 2.24) is 4.90 Å². The van der Waals surface area contributed by atoms with E-state index in [0.717, 1.165) is 22.2 Å². The molecular weight excluding hydrogens is 388 g/mol. The van der Waals surface area contributed by atoms with Crippen LogP contribution < -0.4 is 10.1 Å². The molecule has 0 unspecified atom stereocenters. The van der Waals surface area contributed by atoms with Gasteiger partial charge in [0.2, 0.25) is 0 Å². The molecule has 5 nitrogen and oxygen atoms in total. The fourth-order valence-corrected chi connectivity index (χ4v) is 3.70. The van der Waals surface area contributed by atoms with Crippen LogP contribution in [0.25, 0.3) is 16.3 Å². The summed E-state index contributed by atoms with van der Waals surface area (Å²) in [5, 5.41) is 5.32. The fraction of sp³-hybridized carbons (Fsp3) is 0.231. The molecule has 1 aliphatic rings. The Morgan fingerprint density at radius 2 is 1.61 bits per heavy atom. The Hall–Kier alpha value is -3.60. The van der Waals surface area contributed by atoms with E-state index in [1.807, 2.05) is 66.7 Å². The summed E-state index contributed by atoms with van der Waals surface area (Å²) in [4.78, 5) is 27.4. The van der Waals surface area contributed by atoms with E-state index in [4.69, 9.17) is 4.74 Å². The topological polar surface area (TPSA) is 58.6 Å². The molecule has 0 aliphatic carbocycles. The maximum atomic E-state index is 13.1. The average Bonchev–Trinajstić information content (AvgIpc) is 3.01. The highest BCUT2D eigenvalue weighted by molar-refractivity contribution is 6.36. The van der Waals surface area contributed by atoms with E-state index >= 15 is 0 Å². The molecule has 158 valence electrons. The number of benzene rings is 3. The van der Waals surface area contributed by atoms with E-state index in [-0.39, 0.29) is 11.8 Å². The quantitative estimate of drug-likeness (QED) is 0.548. The van der Waals surface area contributed by atoms with Crippen molar-refractivity contribution in [3.05, 3.63) is 78.0 Å². The van der Waals surface area contributed by atoms with Crippen molar-refractivity contribution >= 4 is 33.8 Å². The van der Waals surface area contributed by atoms with E-state index in [1.165, 1.54) is 4.90 Å². The molecule has 0 saturated carbocycles. The van der Waals surface area contributed by atoms with Gasteiger partial charge in [0, 0.05) is 17.6 Å². The lowest BCUT2D eigenvalue weighted by molar-refractivity contribution is -0.136. The highest BCUT2D eigenvalue weighted by Crippen LogP contribution is 2.33. The molecule has 1 N–H and O–H groups in total. The van der Waals surface area contributed by atoms with Gasteiger partial charge in [-0.15, -0.1) is 0 Å². The van der Waals surface area contributed by atoms with Crippen LogP contribution in [0.1, 0.15) is 26.3 Å². The van der Waals surface area contributed by atoms with Gasteiger partial charge in [-0.2, -0.15) is 0 Å². The van der Waals surface area contributed by atoms with E-state index in [9.17, 15) is 9.59 Å². The molecule has 2 amide bonds. The standard InChI is InChI=1S/C26H26N2O3/c1-4-28-25(29)23(19-12-14-20(15-13-19)31-16-17(2)3)24(26(28)30)27-22-11-7-9-18-8-5-6-10-21(18)22/h5-15,17,27H,4,16H2,1-3H3. The minimum absolute atomic E-state index is 0.286. The van der Waals surface area contributed by atoms with Crippen molar-refractivity contribution in [2.75, 3.05) is 18.5 Å². The Morgan fingerprint density at radius 3 is 2.32 bits per heavy atom. The molecule has 1 heterocycles. The molecule has 0 fully saturated rings. The van der Waals surface area contributed by atoms with Crippen LogP contribution in [0.4, 0.5) is 5.69 Å². The lowest BCUT2D eigenvalue weighted by Crippen LogP contribution is -2.32. The second-order valence-corrected chi connectivity index (χ2v) is 7.99. The third kappa shape index (κ3) is 4.04. The molecule has 0 bridgehead atoms. The summed E-state index contributed by atoms with van der Waals surface area (Å²) < 4.78 is 5.75. The first kappa shape index (κ1) is 20.7. The predicted octanol–water partition coefficient (Wildman–Crippen LogP) is 5.09. The number of hydrogen-bond donors (Lipinski definition) is 1. The van der Waals surface area contributed by atoms with Gasteiger partial charge in [0.1, 0.15) is 11.4 Å². The van der Waals surface area contributed by atoms with E-state index in [0.29, 0.717) is 35.9 Å². The number of nitrogens with one attached hydrogen (secondary N) is 1. The predicted molar refractivity (Wildman–Crippen MR) is 124 cm³/mol. The Balaban J connectivity index is 1.74. The first-order valence-electron chi connectivity index (χ1n) is 10.6. The summed E-state index contributed by atoms with van der Waals surface area (Å²) in [7, 11) is 0. The van der Waals surface area contributed by atoms with Gasteiger partial charge in [-0.05, 0) is 42.0 Å². The summed E-state index contributed by atoms with van der Waals surface area (Å²) in [6.07, 6.45) is 0. The van der Waals surface area contributed by atoms with E-state index in [1.54, 1.807) is 6.92 Å². The van der Waals surface area contributed by atoms with E-state index in [2.05, 4.69) is 19.2 Å². The van der Waals surface area contributed by atoms with Crippen molar-refractivity contribution in [2.24, 2.45) is 5.92 Å². The summed E-state index contributed by atoms with van der Waals surface area (Å²) in [5.41, 5.74) is 2.17. The first-order chi connectivity index (χ1) is 15.0. The molecule has 3 aromatic rings. The van der Waals surface area contributed by atoms with Crippen LogP contribution in [0.2, 0.25) is 0 Å². The van der Waals surface area contributed by atoms with Gasteiger partial charge < -0.3 is 10.1 Å². The number of nitrogens with zero attached hydrogens (tertiary/aromatic N) is 1. The van der Waals surface area contributed by atoms with Crippen molar-refractivity contribution in [1.29, 1.82) is 0 Å². The van der Waals surface area contributed by atoms with Crippen LogP contribution in [0.3, 0.4) is 0 Å². The molecule has 3 aromatic carbocycles. The fourth-order valence-electron chi connectivity index (χ4n) is 3.70. The molecule has 0 spiro atoms. The molecule has 0 saturated heterocycles. The minimum Gasteiger partial charge on any atom is -0.493 e. The van der Waals surface area contributed by atoms with Gasteiger partial charge in [-0.1, -0.05) is 62.4 Å². The number of anilines is 1. The van der Waals surface area contributed by atoms with Crippen LogP contribution in [0, 0.1) is 5.92 Å². The van der Waals surface area contributed by atoms with Crippen LogP contribution in [0.15, 0.2) is 72.4 Å². The number of likely N-dealkylation sites (N-methyl/N-ethyl adjacent to an activating group) is 1. The minimum atomic E-state index is -0.310. The van der Waals surface area contributed by atoms with Gasteiger partial charge in [-0.3, -0.25) is 14.5 Å². The Morgan fingerprint density at radius 1 is 0.903 bits per heavy atom.